The summed E-state index contributed by atoms with van der Waals surface area (Å²) in [5.74, 6) is -0.912. The molecule has 0 radical (unpaired) electrons. The molecule has 0 saturated carbocycles. The highest BCUT2D eigenvalue weighted by Gasteiger charge is 2.32. The number of rotatable bonds is 4. The van der Waals surface area contributed by atoms with Crippen LogP contribution in [0, 0.1) is 11.6 Å². The van der Waals surface area contributed by atoms with Gasteiger partial charge in [-0.3, -0.25) is 9.59 Å². The normalized spacial score (nSPS) is 15.0. The first-order chi connectivity index (χ1) is 18.4. The Morgan fingerprint density at radius 3 is 2.68 bits per heavy atom. The Labute approximate surface area is 214 Å². The number of carbonyl (C=O) groups excluding carboxylic acids is 1. The molecule has 190 valence electrons. The van der Waals surface area contributed by atoms with E-state index in [-0.39, 0.29) is 41.8 Å². The molecule has 4 heterocycles. The molecule has 11 heteroatoms. The minimum absolute atomic E-state index is 0.0765. The van der Waals surface area contributed by atoms with Crippen LogP contribution in [0.15, 0.2) is 65.6 Å². The molecule has 38 heavy (non-hydrogen) atoms. The van der Waals surface area contributed by atoms with Crippen molar-refractivity contribution in [3.8, 4) is 11.5 Å². The predicted octanol–water partition coefficient (Wildman–Crippen LogP) is 3.66. The number of aromatic amines is 1. The van der Waals surface area contributed by atoms with Crippen LogP contribution < -0.4 is 5.56 Å². The first-order valence-corrected chi connectivity index (χ1v) is 12.0. The number of hydrogen-bond acceptors (Lipinski definition) is 6. The van der Waals surface area contributed by atoms with Crippen molar-refractivity contribution >= 4 is 16.7 Å². The molecule has 1 amide bonds. The van der Waals surface area contributed by atoms with Gasteiger partial charge in [0.15, 0.2) is 17.5 Å². The third kappa shape index (κ3) is 4.01. The molecule has 0 spiro atoms. The van der Waals surface area contributed by atoms with E-state index in [9.17, 15) is 18.4 Å². The minimum atomic E-state index is -0.644. The molecule has 1 atom stereocenters. The molecule has 1 unspecified atom stereocenters. The number of halogens is 2. The quantitative estimate of drug-likeness (QED) is 0.393. The first kappa shape index (κ1) is 23.6. The summed E-state index contributed by atoms with van der Waals surface area (Å²) in [6.45, 7) is 2.19. The highest BCUT2D eigenvalue weighted by molar-refractivity contribution is 5.95. The van der Waals surface area contributed by atoms with Gasteiger partial charge in [0, 0.05) is 24.5 Å². The van der Waals surface area contributed by atoms with E-state index in [0.29, 0.717) is 34.3 Å². The number of amides is 1. The van der Waals surface area contributed by atoms with E-state index < -0.39 is 17.5 Å². The molecule has 9 nitrogen and oxygen atoms in total. The Morgan fingerprint density at radius 1 is 1.05 bits per heavy atom. The Bertz CT molecular complexity index is 1760. The maximum atomic E-state index is 14.9. The number of carbonyl (C=O) groups is 1. The van der Waals surface area contributed by atoms with Crippen LogP contribution in [0.3, 0.4) is 0 Å². The molecule has 6 rings (SSSR count). The van der Waals surface area contributed by atoms with Crippen molar-refractivity contribution in [2.45, 2.75) is 25.9 Å². The second-order valence-electron chi connectivity index (χ2n) is 9.21. The number of nitrogens with one attached hydrogen (secondary N) is 1. The number of nitrogens with zero attached hydrogens (tertiary/aromatic N) is 6. The van der Waals surface area contributed by atoms with Gasteiger partial charge < -0.3 is 9.47 Å². The lowest BCUT2D eigenvalue weighted by atomic mass is 10.0. The Morgan fingerprint density at radius 2 is 1.87 bits per heavy atom. The molecular formula is C27H21F2N7O2. The lowest BCUT2D eigenvalue weighted by molar-refractivity contribution is 0.0677. The summed E-state index contributed by atoms with van der Waals surface area (Å²) in [7, 11) is 0. The van der Waals surface area contributed by atoms with Crippen molar-refractivity contribution in [2.24, 2.45) is 0 Å². The Hall–Kier alpha value is -4.80. The third-order valence-electron chi connectivity index (χ3n) is 6.69. The molecule has 5 aromatic rings. The molecule has 3 aromatic heterocycles. The molecule has 0 bridgehead atoms. The summed E-state index contributed by atoms with van der Waals surface area (Å²) >= 11 is 0. The third-order valence-corrected chi connectivity index (χ3v) is 6.69. The van der Waals surface area contributed by atoms with Crippen molar-refractivity contribution in [3.63, 3.8) is 0 Å². The van der Waals surface area contributed by atoms with E-state index in [0.717, 1.165) is 0 Å². The molecular weight excluding hydrogens is 492 g/mol. The number of pyridine rings is 1. The SMILES string of the molecule is CC1CN(C(=O)c2cc(Cc3n[nH]c(=O)c4ccccc34)ccc2F)Cc2nnc(-c3ncccc3F)n21. The van der Waals surface area contributed by atoms with Crippen LogP contribution in [0.4, 0.5) is 8.78 Å². The zero-order valence-electron chi connectivity index (χ0n) is 20.2. The number of aromatic nitrogens is 6. The van der Waals surface area contributed by atoms with Gasteiger partial charge >= 0.3 is 0 Å². The van der Waals surface area contributed by atoms with Crippen LogP contribution in [-0.2, 0) is 13.0 Å². The zero-order valence-corrected chi connectivity index (χ0v) is 20.2. The highest BCUT2D eigenvalue weighted by Crippen LogP contribution is 2.29. The van der Waals surface area contributed by atoms with Crippen LogP contribution in [-0.4, -0.2) is 47.3 Å². The van der Waals surface area contributed by atoms with E-state index in [1.54, 1.807) is 28.8 Å². The lowest BCUT2D eigenvalue weighted by Crippen LogP contribution is -2.41. The second kappa shape index (κ2) is 9.25. The first-order valence-electron chi connectivity index (χ1n) is 12.0. The molecule has 0 saturated heterocycles. The van der Waals surface area contributed by atoms with Gasteiger partial charge in [0.1, 0.15) is 11.5 Å². The molecule has 1 aliphatic heterocycles. The van der Waals surface area contributed by atoms with Crippen LogP contribution in [0.1, 0.15) is 40.4 Å². The number of H-pyrrole nitrogens is 1. The van der Waals surface area contributed by atoms with E-state index >= 15 is 0 Å². The summed E-state index contributed by atoms with van der Waals surface area (Å²) in [4.78, 5) is 31.2. The van der Waals surface area contributed by atoms with Crippen molar-refractivity contribution < 1.29 is 13.6 Å². The van der Waals surface area contributed by atoms with E-state index in [2.05, 4.69) is 25.4 Å². The number of benzene rings is 2. The maximum Gasteiger partial charge on any atom is 0.272 e. The molecule has 0 aliphatic carbocycles. The highest BCUT2D eigenvalue weighted by atomic mass is 19.1. The van der Waals surface area contributed by atoms with Crippen molar-refractivity contribution in [1.82, 2.24) is 34.8 Å². The van der Waals surface area contributed by atoms with Crippen molar-refractivity contribution in [1.29, 1.82) is 0 Å². The van der Waals surface area contributed by atoms with Crippen LogP contribution in [0.25, 0.3) is 22.3 Å². The van der Waals surface area contributed by atoms with E-state index in [1.807, 2.05) is 13.0 Å². The Balaban J connectivity index is 1.29. The zero-order chi connectivity index (χ0) is 26.4. The summed E-state index contributed by atoms with van der Waals surface area (Å²) < 4.78 is 31.0. The topological polar surface area (TPSA) is 110 Å². The lowest BCUT2D eigenvalue weighted by Gasteiger charge is -2.32. The van der Waals surface area contributed by atoms with Gasteiger partial charge in [-0.1, -0.05) is 24.3 Å². The van der Waals surface area contributed by atoms with Gasteiger partial charge in [-0.05, 0) is 42.8 Å². The van der Waals surface area contributed by atoms with Gasteiger partial charge in [-0.25, -0.2) is 18.9 Å². The molecule has 1 N–H and O–H groups in total. The van der Waals surface area contributed by atoms with Gasteiger partial charge in [0.05, 0.1) is 29.2 Å². The standard InChI is InChI=1S/C27H21F2N7O2/c1-15-13-35(14-23-32-33-25(36(15)23)24-21(29)7-4-10-30-24)27(38)19-11-16(8-9-20(19)28)12-22-17-5-2-3-6-18(17)26(37)34-31-22/h2-11,15H,12-14H2,1H3,(H,34,37). The maximum absolute atomic E-state index is 14.9. The number of fused-ring (bicyclic) bond motifs is 2. The van der Waals surface area contributed by atoms with Gasteiger partial charge in [0.2, 0.25) is 0 Å². The van der Waals surface area contributed by atoms with Crippen molar-refractivity contribution in [2.75, 3.05) is 6.54 Å². The number of hydrogen-bond donors (Lipinski definition) is 1. The van der Waals surface area contributed by atoms with Gasteiger partial charge in [-0.15, -0.1) is 10.2 Å². The largest absolute Gasteiger partial charge is 0.329 e. The smallest absolute Gasteiger partial charge is 0.272 e. The predicted molar refractivity (Wildman–Crippen MR) is 134 cm³/mol. The van der Waals surface area contributed by atoms with Gasteiger partial charge in [-0.2, -0.15) is 5.10 Å². The molecule has 0 fully saturated rings. The molecule has 2 aromatic carbocycles. The average Bonchev–Trinajstić information content (AvgIpc) is 3.36. The summed E-state index contributed by atoms with van der Waals surface area (Å²) in [6.07, 6.45) is 1.77. The van der Waals surface area contributed by atoms with Crippen LogP contribution in [0.5, 0.6) is 0 Å². The second-order valence-corrected chi connectivity index (χ2v) is 9.21. The molecule has 1 aliphatic rings. The Kier molecular flexibility index (Phi) is 5.74. The summed E-state index contributed by atoms with van der Waals surface area (Å²) in [5.41, 5.74) is 0.993. The fourth-order valence-corrected chi connectivity index (χ4v) is 4.91. The van der Waals surface area contributed by atoms with Crippen LogP contribution in [0.2, 0.25) is 0 Å². The van der Waals surface area contributed by atoms with Crippen LogP contribution >= 0.6 is 0 Å². The van der Waals surface area contributed by atoms with Gasteiger partial charge in [0.25, 0.3) is 11.5 Å². The fraction of sp³-hybridized carbons (Fsp3) is 0.185. The van der Waals surface area contributed by atoms with E-state index in [4.69, 9.17) is 0 Å². The van der Waals surface area contributed by atoms with E-state index in [1.165, 1.54) is 35.4 Å². The fourth-order valence-electron chi connectivity index (χ4n) is 4.91. The monoisotopic (exact) mass is 513 g/mol. The summed E-state index contributed by atoms with van der Waals surface area (Å²) in [5, 5.41) is 16.2. The van der Waals surface area contributed by atoms with Crippen molar-refractivity contribution in [3.05, 3.63) is 105 Å². The minimum Gasteiger partial charge on any atom is -0.329 e. The average molecular weight is 514 g/mol. The summed E-state index contributed by atoms with van der Waals surface area (Å²) in [6, 6.07) is 14.0.